The highest BCUT2D eigenvalue weighted by molar-refractivity contribution is 8.00. The average Bonchev–Trinajstić information content (AvgIpc) is 2.97. The number of aryl methyl sites for hydroxylation is 1. The lowest BCUT2D eigenvalue weighted by molar-refractivity contribution is -0.115. The molecule has 0 aliphatic heterocycles. The zero-order valence-electron chi connectivity index (χ0n) is 13.4. The second kappa shape index (κ2) is 7.77. The fraction of sp³-hybridized carbons (Fsp3) is 0.412. The van der Waals surface area contributed by atoms with Crippen LogP contribution in [-0.2, 0) is 17.6 Å². The maximum absolute atomic E-state index is 12.6. The highest BCUT2D eigenvalue weighted by atomic mass is 32.2. The molecule has 0 spiro atoms. The third-order valence-corrected chi connectivity index (χ3v) is 6.43. The van der Waals surface area contributed by atoms with Crippen molar-refractivity contribution in [3.63, 3.8) is 0 Å². The second-order valence-electron chi connectivity index (χ2n) is 5.56. The van der Waals surface area contributed by atoms with Crippen LogP contribution in [0.5, 0.6) is 0 Å². The van der Waals surface area contributed by atoms with Gasteiger partial charge in [0.25, 0.3) is 0 Å². The van der Waals surface area contributed by atoms with Crippen molar-refractivity contribution in [1.29, 1.82) is 5.26 Å². The van der Waals surface area contributed by atoms with Crippen LogP contribution in [0.15, 0.2) is 23.6 Å². The van der Waals surface area contributed by atoms with E-state index in [4.69, 9.17) is 0 Å². The number of nitriles is 1. The first-order chi connectivity index (χ1) is 11.7. The van der Waals surface area contributed by atoms with Gasteiger partial charge in [-0.2, -0.15) is 5.26 Å². The molecule has 7 heteroatoms. The average molecular weight is 358 g/mol. The predicted octanol–water partition coefficient (Wildman–Crippen LogP) is 3.80. The molecule has 1 aliphatic carbocycles. The molecule has 1 atom stereocenters. The van der Waals surface area contributed by atoms with E-state index in [9.17, 15) is 10.1 Å². The van der Waals surface area contributed by atoms with Gasteiger partial charge < -0.3 is 5.32 Å². The Hall–Kier alpha value is -1.91. The van der Waals surface area contributed by atoms with E-state index in [1.807, 2.05) is 6.92 Å². The van der Waals surface area contributed by atoms with Gasteiger partial charge in [0.1, 0.15) is 11.1 Å². The van der Waals surface area contributed by atoms with Crippen molar-refractivity contribution in [2.75, 3.05) is 5.32 Å². The van der Waals surface area contributed by atoms with Gasteiger partial charge in [-0.25, -0.2) is 9.97 Å². The van der Waals surface area contributed by atoms with Crippen LogP contribution < -0.4 is 5.32 Å². The van der Waals surface area contributed by atoms with Crippen LogP contribution >= 0.6 is 23.1 Å². The number of fused-ring (bicyclic) bond motifs is 1. The standard InChI is InChI=1S/C17H18N4OS2/c1-2-13(24-17-19-8-5-9-20-17)15(22)21-16-12(10-18)11-6-3-4-7-14(11)23-16/h5,8-9,13H,2-4,6-7H2,1H3,(H,21,22)/t13-/m0/s1. The molecule has 2 heterocycles. The third-order valence-electron chi connectivity index (χ3n) is 3.97. The monoisotopic (exact) mass is 358 g/mol. The lowest BCUT2D eigenvalue weighted by Crippen LogP contribution is -2.24. The van der Waals surface area contributed by atoms with Gasteiger partial charge in [-0.1, -0.05) is 18.7 Å². The van der Waals surface area contributed by atoms with E-state index in [-0.39, 0.29) is 11.2 Å². The van der Waals surface area contributed by atoms with Crippen LogP contribution in [-0.4, -0.2) is 21.1 Å². The number of thiophene rings is 1. The molecule has 1 aliphatic rings. The van der Waals surface area contributed by atoms with E-state index in [2.05, 4.69) is 21.4 Å². The summed E-state index contributed by atoms with van der Waals surface area (Å²) in [6.07, 6.45) is 8.22. The summed E-state index contributed by atoms with van der Waals surface area (Å²) < 4.78 is 0. The summed E-state index contributed by atoms with van der Waals surface area (Å²) in [5, 5.41) is 13.5. The van der Waals surface area contributed by atoms with E-state index in [0.29, 0.717) is 22.1 Å². The van der Waals surface area contributed by atoms with Crippen molar-refractivity contribution in [2.45, 2.75) is 49.4 Å². The molecule has 0 fully saturated rings. The van der Waals surface area contributed by atoms with E-state index in [1.54, 1.807) is 29.8 Å². The Kier molecular flexibility index (Phi) is 5.48. The van der Waals surface area contributed by atoms with Crippen molar-refractivity contribution in [3.8, 4) is 6.07 Å². The van der Waals surface area contributed by atoms with Crippen LogP contribution in [0.25, 0.3) is 0 Å². The van der Waals surface area contributed by atoms with Crippen LogP contribution in [0.3, 0.4) is 0 Å². The molecule has 3 rings (SSSR count). The number of rotatable bonds is 5. The highest BCUT2D eigenvalue weighted by Crippen LogP contribution is 2.38. The zero-order valence-corrected chi connectivity index (χ0v) is 15.0. The molecule has 0 saturated carbocycles. The molecule has 124 valence electrons. The van der Waals surface area contributed by atoms with Crippen molar-refractivity contribution in [1.82, 2.24) is 9.97 Å². The Morgan fingerprint density at radius 2 is 2.17 bits per heavy atom. The Morgan fingerprint density at radius 3 is 2.88 bits per heavy atom. The predicted molar refractivity (Wildman–Crippen MR) is 96.3 cm³/mol. The van der Waals surface area contributed by atoms with E-state index < -0.39 is 0 Å². The minimum Gasteiger partial charge on any atom is -0.316 e. The van der Waals surface area contributed by atoms with Gasteiger partial charge in [-0.05, 0) is 43.7 Å². The van der Waals surface area contributed by atoms with Crippen LogP contribution in [0.2, 0.25) is 0 Å². The SMILES string of the molecule is CC[C@H](Sc1ncccn1)C(=O)Nc1sc2c(c1C#N)CCCC2. The van der Waals surface area contributed by atoms with Crippen LogP contribution in [0.1, 0.15) is 42.2 Å². The fourth-order valence-corrected chi connectivity index (χ4v) is 4.83. The highest BCUT2D eigenvalue weighted by Gasteiger charge is 2.25. The number of anilines is 1. The van der Waals surface area contributed by atoms with Gasteiger partial charge in [0.2, 0.25) is 5.91 Å². The van der Waals surface area contributed by atoms with Crippen molar-refractivity contribution >= 4 is 34.0 Å². The number of aromatic nitrogens is 2. The molecule has 2 aromatic rings. The molecule has 1 N–H and O–H groups in total. The summed E-state index contributed by atoms with van der Waals surface area (Å²) in [6.45, 7) is 1.96. The first-order valence-electron chi connectivity index (χ1n) is 8.02. The maximum Gasteiger partial charge on any atom is 0.238 e. The topological polar surface area (TPSA) is 78.7 Å². The van der Waals surface area contributed by atoms with Crippen molar-refractivity contribution in [2.24, 2.45) is 0 Å². The van der Waals surface area contributed by atoms with E-state index in [1.165, 1.54) is 16.6 Å². The Bertz CT molecular complexity index is 767. The number of carbonyl (C=O) groups excluding carboxylic acids is 1. The van der Waals surface area contributed by atoms with Crippen LogP contribution in [0.4, 0.5) is 5.00 Å². The van der Waals surface area contributed by atoms with Crippen molar-refractivity contribution < 1.29 is 4.79 Å². The van der Waals surface area contributed by atoms with E-state index >= 15 is 0 Å². The molecular weight excluding hydrogens is 340 g/mol. The molecule has 1 amide bonds. The number of nitrogens with one attached hydrogen (secondary N) is 1. The van der Waals surface area contributed by atoms with Gasteiger partial charge in [-0.15, -0.1) is 11.3 Å². The van der Waals surface area contributed by atoms with Gasteiger partial charge in [0.15, 0.2) is 5.16 Å². The van der Waals surface area contributed by atoms with Gasteiger partial charge in [0, 0.05) is 17.3 Å². The smallest absolute Gasteiger partial charge is 0.238 e. The molecule has 24 heavy (non-hydrogen) atoms. The Labute approximate surface area is 149 Å². The summed E-state index contributed by atoms with van der Waals surface area (Å²) in [5.74, 6) is -0.0925. The number of thioether (sulfide) groups is 1. The van der Waals surface area contributed by atoms with Gasteiger partial charge in [-0.3, -0.25) is 4.79 Å². The van der Waals surface area contributed by atoms with E-state index in [0.717, 1.165) is 31.2 Å². The first-order valence-corrected chi connectivity index (χ1v) is 9.71. The van der Waals surface area contributed by atoms with Crippen molar-refractivity contribution in [3.05, 3.63) is 34.5 Å². The lowest BCUT2D eigenvalue weighted by atomic mass is 9.96. The molecular formula is C17H18N4OS2. The summed E-state index contributed by atoms with van der Waals surface area (Å²) in [4.78, 5) is 22.2. The number of nitrogens with zero attached hydrogens (tertiary/aromatic N) is 3. The largest absolute Gasteiger partial charge is 0.316 e. The molecule has 0 radical (unpaired) electrons. The van der Waals surface area contributed by atoms with Gasteiger partial charge in [0.05, 0.1) is 10.8 Å². The molecule has 0 unspecified atom stereocenters. The minimum atomic E-state index is -0.280. The quantitative estimate of drug-likeness (QED) is 0.650. The molecule has 2 aromatic heterocycles. The number of carbonyl (C=O) groups is 1. The molecule has 0 bridgehead atoms. The van der Waals surface area contributed by atoms with Crippen LogP contribution in [0, 0.1) is 11.3 Å². The number of amides is 1. The third kappa shape index (κ3) is 3.60. The molecule has 0 saturated heterocycles. The maximum atomic E-state index is 12.6. The number of hydrogen-bond acceptors (Lipinski definition) is 6. The summed E-state index contributed by atoms with van der Waals surface area (Å²) in [5.41, 5.74) is 1.79. The van der Waals surface area contributed by atoms with Gasteiger partial charge >= 0.3 is 0 Å². The molecule has 5 nitrogen and oxygen atoms in total. The second-order valence-corrected chi connectivity index (χ2v) is 7.84. The zero-order chi connectivity index (χ0) is 16.9. The summed E-state index contributed by atoms with van der Waals surface area (Å²) in [7, 11) is 0. The molecule has 0 aromatic carbocycles. The summed E-state index contributed by atoms with van der Waals surface area (Å²) in [6, 6.07) is 4.03. The minimum absolute atomic E-state index is 0.0925. The Balaban J connectivity index is 1.76. The first kappa shape index (κ1) is 16.9. The summed E-state index contributed by atoms with van der Waals surface area (Å²) >= 11 is 2.91. The lowest BCUT2D eigenvalue weighted by Gasteiger charge is -2.13. The number of hydrogen-bond donors (Lipinski definition) is 1. The Morgan fingerprint density at radius 1 is 1.42 bits per heavy atom. The normalized spacial score (nSPS) is 14.5. The fourth-order valence-electron chi connectivity index (χ4n) is 2.76.